The molecule has 0 radical (unpaired) electrons. The number of rotatable bonds is 9. The monoisotopic (exact) mass is 447 g/mol. The van der Waals surface area contributed by atoms with E-state index in [2.05, 4.69) is 28.5 Å². The highest BCUT2D eigenvalue weighted by Crippen LogP contribution is 2.35. The molecule has 9 atom stereocenters. The zero-order chi connectivity index (χ0) is 21.7. The molecule has 0 amide bonds. The minimum Gasteiger partial charge on any atom is -0.378 e. The van der Waals surface area contributed by atoms with Crippen LogP contribution in [0.2, 0.25) is 0 Å². The van der Waals surface area contributed by atoms with Crippen LogP contribution in [0.5, 0.6) is 0 Å². The van der Waals surface area contributed by atoms with Crippen LogP contribution in [-0.2, 0) is 14.2 Å². The number of morpholine rings is 3. The zero-order valence-electron chi connectivity index (χ0n) is 20.4. The minimum absolute atomic E-state index is 0.493. The summed E-state index contributed by atoms with van der Waals surface area (Å²) in [5.74, 6) is 0. The number of hydrogen-bond acceptors (Lipinski definition) is 6. The lowest BCUT2D eigenvalue weighted by molar-refractivity contribution is -0.187. The summed E-state index contributed by atoms with van der Waals surface area (Å²) in [7, 11) is 0. The molecule has 7 heterocycles. The van der Waals surface area contributed by atoms with E-state index in [4.69, 9.17) is 14.2 Å². The Morgan fingerprint density at radius 3 is 1.81 bits per heavy atom. The van der Waals surface area contributed by atoms with Crippen LogP contribution in [0.25, 0.3) is 0 Å². The van der Waals surface area contributed by atoms with E-state index in [0.29, 0.717) is 54.6 Å². The van der Waals surface area contributed by atoms with Gasteiger partial charge in [-0.15, -0.1) is 0 Å². The van der Waals surface area contributed by atoms with Gasteiger partial charge in [0.15, 0.2) is 0 Å². The topological polar surface area (TPSA) is 37.4 Å². The number of nitrogens with zero attached hydrogens (tertiary/aromatic N) is 3. The van der Waals surface area contributed by atoms with Gasteiger partial charge >= 0.3 is 0 Å². The maximum absolute atomic E-state index is 6.19. The Labute approximate surface area is 194 Å². The fraction of sp³-hybridized carbons (Fsp3) is 1.00. The first kappa shape index (κ1) is 22.2. The minimum atomic E-state index is 0.493. The normalized spacial score (nSPS) is 42.6. The lowest BCUT2D eigenvalue weighted by Gasteiger charge is -2.49. The standard InChI is InChI=1S/C26H45N3O3/c1-18(27-14-25-11-26(15-27)32-25)3-5-20(28-12-23-9-10-24(13-28)31-23)6-4-19(2)29-21-7-8-22(29)17-30-16-21/h18-26H,3-17H2,1-2H3. The van der Waals surface area contributed by atoms with Crippen molar-refractivity contribution in [3.05, 3.63) is 0 Å². The van der Waals surface area contributed by atoms with E-state index in [1.807, 2.05) is 0 Å². The van der Waals surface area contributed by atoms with Gasteiger partial charge in [-0.2, -0.15) is 0 Å². The lowest BCUT2D eigenvalue weighted by atomic mass is 9.94. The molecule has 7 rings (SSSR count). The van der Waals surface area contributed by atoms with Crippen molar-refractivity contribution in [2.75, 3.05) is 39.4 Å². The molecular formula is C26H45N3O3. The van der Waals surface area contributed by atoms with Crippen LogP contribution in [0.3, 0.4) is 0 Å². The summed E-state index contributed by atoms with van der Waals surface area (Å²) in [6.07, 6.45) is 13.8. The molecule has 0 aliphatic carbocycles. The molecule has 182 valence electrons. The van der Waals surface area contributed by atoms with Crippen molar-refractivity contribution in [1.82, 2.24) is 14.7 Å². The molecule has 0 saturated carbocycles. The van der Waals surface area contributed by atoms with Gasteiger partial charge in [0.25, 0.3) is 0 Å². The van der Waals surface area contributed by atoms with Crippen LogP contribution < -0.4 is 0 Å². The predicted octanol–water partition coefficient (Wildman–Crippen LogP) is 2.89. The third-order valence-electron chi connectivity index (χ3n) is 9.64. The molecule has 7 saturated heterocycles. The van der Waals surface area contributed by atoms with Crippen molar-refractivity contribution in [2.24, 2.45) is 0 Å². The van der Waals surface area contributed by atoms with E-state index in [-0.39, 0.29) is 0 Å². The first-order chi connectivity index (χ1) is 15.6. The summed E-state index contributed by atoms with van der Waals surface area (Å²) in [4.78, 5) is 8.36. The highest BCUT2D eigenvalue weighted by molar-refractivity contribution is 4.95. The lowest BCUT2D eigenvalue weighted by Crippen LogP contribution is -2.59. The van der Waals surface area contributed by atoms with Crippen LogP contribution >= 0.6 is 0 Å². The molecule has 6 heteroatoms. The van der Waals surface area contributed by atoms with Crippen LogP contribution in [0.1, 0.15) is 71.6 Å². The first-order valence-corrected chi connectivity index (χ1v) is 13.8. The molecule has 6 bridgehead atoms. The van der Waals surface area contributed by atoms with Gasteiger partial charge in [-0.05, 0) is 65.2 Å². The molecule has 32 heavy (non-hydrogen) atoms. The summed E-state index contributed by atoms with van der Waals surface area (Å²) in [5, 5.41) is 0. The Morgan fingerprint density at radius 1 is 0.656 bits per heavy atom. The van der Waals surface area contributed by atoms with Gasteiger partial charge in [0, 0.05) is 62.8 Å². The van der Waals surface area contributed by atoms with E-state index in [9.17, 15) is 0 Å². The smallest absolute Gasteiger partial charge is 0.0731 e. The average molecular weight is 448 g/mol. The van der Waals surface area contributed by atoms with Crippen LogP contribution in [0.15, 0.2) is 0 Å². The van der Waals surface area contributed by atoms with Gasteiger partial charge in [-0.25, -0.2) is 0 Å². The Balaban J connectivity index is 1.06. The van der Waals surface area contributed by atoms with E-state index in [0.717, 1.165) is 39.4 Å². The molecular weight excluding hydrogens is 402 g/mol. The second-order valence-corrected chi connectivity index (χ2v) is 11.9. The molecule has 6 nitrogen and oxygen atoms in total. The van der Waals surface area contributed by atoms with Gasteiger partial charge in [0.1, 0.15) is 0 Å². The molecule has 0 aromatic rings. The zero-order valence-corrected chi connectivity index (χ0v) is 20.4. The molecule has 7 fully saturated rings. The average Bonchev–Trinajstić information content (AvgIpc) is 3.26. The number of hydrogen-bond donors (Lipinski definition) is 0. The Kier molecular flexibility index (Phi) is 6.55. The second-order valence-electron chi connectivity index (χ2n) is 11.9. The third-order valence-corrected chi connectivity index (χ3v) is 9.64. The van der Waals surface area contributed by atoms with Gasteiger partial charge in [0.05, 0.1) is 37.6 Å². The SMILES string of the molecule is CC(CCC(CCC(C)N1C2CCC1COC2)N1CC2CCC(C1)O2)N1CC2CC(C1)O2. The highest BCUT2D eigenvalue weighted by atomic mass is 16.5. The van der Waals surface area contributed by atoms with Crippen molar-refractivity contribution >= 4 is 0 Å². The first-order valence-electron chi connectivity index (χ1n) is 13.8. The van der Waals surface area contributed by atoms with Crippen molar-refractivity contribution in [3.63, 3.8) is 0 Å². The number of piperidine rings is 1. The highest BCUT2D eigenvalue weighted by Gasteiger charge is 2.42. The summed E-state index contributed by atoms with van der Waals surface area (Å²) in [6, 6.07) is 3.42. The van der Waals surface area contributed by atoms with Crippen molar-refractivity contribution in [2.45, 2.75) is 126 Å². The molecule has 7 aliphatic rings. The number of likely N-dealkylation sites (tertiary alicyclic amines) is 1. The summed E-state index contributed by atoms with van der Waals surface area (Å²) < 4.78 is 17.9. The van der Waals surface area contributed by atoms with Crippen molar-refractivity contribution in [3.8, 4) is 0 Å². The third kappa shape index (κ3) is 4.52. The Hall–Kier alpha value is -0.240. The van der Waals surface area contributed by atoms with Gasteiger partial charge in [-0.3, -0.25) is 14.7 Å². The summed E-state index contributed by atoms with van der Waals surface area (Å²) >= 11 is 0. The fourth-order valence-electron chi connectivity index (χ4n) is 7.78. The van der Waals surface area contributed by atoms with E-state index in [1.54, 1.807) is 0 Å². The maximum atomic E-state index is 6.19. The largest absolute Gasteiger partial charge is 0.378 e. The summed E-state index contributed by atoms with van der Waals surface area (Å²) in [6.45, 7) is 11.5. The quantitative estimate of drug-likeness (QED) is 0.541. The van der Waals surface area contributed by atoms with E-state index < -0.39 is 0 Å². The predicted molar refractivity (Wildman–Crippen MR) is 125 cm³/mol. The van der Waals surface area contributed by atoms with E-state index in [1.165, 1.54) is 57.8 Å². The van der Waals surface area contributed by atoms with Gasteiger partial charge in [-0.1, -0.05) is 0 Å². The van der Waals surface area contributed by atoms with Crippen molar-refractivity contribution in [1.29, 1.82) is 0 Å². The van der Waals surface area contributed by atoms with E-state index >= 15 is 0 Å². The molecule has 0 aromatic carbocycles. The summed E-state index contributed by atoms with van der Waals surface area (Å²) in [5.41, 5.74) is 0. The number of ether oxygens (including phenoxy) is 3. The van der Waals surface area contributed by atoms with Crippen LogP contribution in [0, 0.1) is 0 Å². The molecule has 7 aliphatic heterocycles. The van der Waals surface area contributed by atoms with Gasteiger partial charge < -0.3 is 14.2 Å². The second kappa shape index (κ2) is 9.43. The van der Waals surface area contributed by atoms with Crippen molar-refractivity contribution < 1.29 is 14.2 Å². The molecule has 0 N–H and O–H groups in total. The molecule has 0 aromatic heterocycles. The van der Waals surface area contributed by atoms with Crippen LogP contribution in [0.4, 0.5) is 0 Å². The Morgan fingerprint density at radius 2 is 1.19 bits per heavy atom. The molecule has 0 spiro atoms. The molecule has 9 unspecified atom stereocenters. The fourth-order valence-corrected chi connectivity index (χ4v) is 7.78. The maximum Gasteiger partial charge on any atom is 0.0731 e. The van der Waals surface area contributed by atoms with Crippen LogP contribution in [-0.4, -0.2) is 109 Å². The Bertz CT molecular complexity index is 606. The van der Waals surface area contributed by atoms with Gasteiger partial charge in [0.2, 0.25) is 0 Å². The number of fused-ring (bicyclic) bond motifs is 6.